The lowest BCUT2D eigenvalue weighted by atomic mass is 10.1. The molecule has 0 amide bonds. The van der Waals surface area contributed by atoms with Gasteiger partial charge < -0.3 is 0 Å². The van der Waals surface area contributed by atoms with Gasteiger partial charge in [0, 0.05) is 40.3 Å². The van der Waals surface area contributed by atoms with E-state index in [0.717, 1.165) is 27.9 Å². The van der Waals surface area contributed by atoms with E-state index in [1.165, 1.54) is 0 Å². The number of aromatic nitrogens is 5. The molecule has 3 aromatic heterocycles. The maximum Gasteiger partial charge on any atom is 0.233 e. The molecule has 0 unspecified atom stereocenters. The van der Waals surface area contributed by atoms with E-state index in [0.29, 0.717) is 21.7 Å². The Bertz CT molecular complexity index is 1250. The van der Waals surface area contributed by atoms with Crippen LogP contribution in [0.5, 0.6) is 0 Å². The van der Waals surface area contributed by atoms with Crippen LogP contribution in [-0.4, -0.2) is 24.3 Å². The SMILES string of the molecule is Clc1ccc2nc(SCc3cn4cccnc4n3)nc(-c3ccccc3)c2c1. The molecule has 0 saturated carbocycles. The van der Waals surface area contributed by atoms with Crippen LogP contribution in [0.3, 0.4) is 0 Å². The van der Waals surface area contributed by atoms with E-state index >= 15 is 0 Å². The van der Waals surface area contributed by atoms with Gasteiger partial charge in [0.25, 0.3) is 0 Å². The number of benzene rings is 2. The summed E-state index contributed by atoms with van der Waals surface area (Å²) in [6.07, 6.45) is 5.66. The zero-order valence-corrected chi connectivity index (χ0v) is 16.2. The maximum absolute atomic E-state index is 6.22. The Kier molecular flexibility index (Phi) is 4.43. The summed E-state index contributed by atoms with van der Waals surface area (Å²) in [5.41, 5.74) is 3.73. The normalized spacial score (nSPS) is 11.3. The van der Waals surface area contributed by atoms with Crippen molar-refractivity contribution >= 4 is 40.0 Å². The molecule has 2 aromatic carbocycles. The van der Waals surface area contributed by atoms with Crippen molar-refractivity contribution in [1.29, 1.82) is 0 Å². The van der Waals surface area contributed by atoms with Gasteiger partial charge in [-0.3, -0.25) is 4.40 Å². The van der Waals surface area contributed by atoms with E-state index in [1.54, 1.807) is 18.0 Å². The Morgan fingerprint density at radius 3 is 2.71 bits per heavy atom. The summed E-state index contributed by atoms with van der Waals surface area (Å²) in [6.45, 7) is 0. The molecule has 0 aliphatic carbocycles. The summed E-state index contributed by atoms with van der Waals surface area (Å²) in [4.78, 5) is 18.3. The molecule has 0 spiro atoms. The van der Waals surface area contributed by atoms with Gasteiger partial charge in [0.2, 0.25) is 5.78 Å². The highest BCUT2D eigenvalue weighted by molar-refractivity contribution is 7.98. The second-order valence-electron chi connectivity index (χ2n) is 6.23. The number of fused-ring (bicyclic) bond motifs is 2. The Morgan fingerprint density at radius 2 is 1.86 bits per heavy atom. The van der Waals surface area contributed by atoms with E-state index in [2.05, 4.69) is 9.97 Å². The highest BCUT2D eigenvalue weighted by Crippen LogP contribution is 2.31. The molecule has 3 heterocycles. The molecule has 136 valence electrons. The van der Waals surface area contributed by atoms with Gasteiger partial charge in [-0.2, -0.15) is 0 Å². The maximum atomic E-state index is 6.22. The van der Waals surface area contributed by atoms with Gasteiger partial charge >= 0.3 is 0 Å². The molecule has 28 heavy (non-hydrogen) atoms. The van der Waals surface area contributed by atoms with Crippen LogP contribution >= 0.6 is 23.4 Å². The van der Waals surface area contributed by atoms with Crippen LogP contribution in [-0.2, 0) is 5.75 Å². The van der Waals surface area contributed by atoms with Crippen molar-refractivity contribution < 1.29 is 0 Å². The average Bonchev–Trinajstić information content (AvgIpc) is 3.15. The van der Waals surface area contributed by atoms with Gasteiger partial charge in [0.1, 0.15) is 0 Å². The Morgan fingerprint density at radius 1 is 0.964 bits per heavy atom. The van der Waals surface area contributed by atoms with Crippen LogP contribution in [0.15, 0.2) is 78.3 Å². The third kappa shape index (κ3) is 3.32. The minimum Gasteiger partial charge on any atom is -0.291 e. The van der Waals surface area contributed by atoms with Crippen LogP contribution in [0, 0.1) is 0 Å². The number of rotatable bonds is 4. The van der Waals surface area contributed by atoms with E-state index in [-0.39, 0.29) is 0 Å². The molecule has 0 bridgehead atoms. The summed E-state index contributed by atoms with van der Waals surface area (Å²) in [7, 11) is 0. The van der Waals surface area contributed by atoms with E-state index in [4.69, 9.17) is 21.6 Å². The van der Waals surface area contributed by atoms with Crippen LogP contribution in [0.2, 0.25) is 5.02 Å². The van der Waals surface area contributed by atoms with E-state index < -0.39 is 0 Å². The summed E-state index contributed by atoms with van der Waals surface area (Å²) in [5.74, 6) is 1.36. The molecular formula is C21H14ClN5S. The smallest absolute Gasteiger partial charge is 0.233 e. The molecule has 5 rings (SSSR count). The van der Waals surface area contributed by atoms with Gasteiger partial charge in [-0.25, -0.2) is 19.9 Å². The molecule has 7 heteroatoms. The lowest BCUT2D eigenvalue weighted by Gasteiger charge is -2.09. The molecular weight excluding hydrogens is 390 g/mol. The summed E-state index contributed by atoms with van der Waals surface area (Å²) in [6, 6.07) is 17.7. The molecule has 0 N–H and O–H groups in total. The fraction of sp³-hybridized carbons (Fsp3) is 0.0476. The summed E-state index contributed by atoms with van der Waals surface area (Å²) >= 11 is 7.78. The molecule has 0 aliphatic rings. The Hall–Kier alpha value is -2.96. The van der Waals surface area contributed by atoms with E-state index in [9.17, 15) is 0 Å². The fourth-order valence-electron chi connectivity index (χ4n) is 3.05. The first-order valence-corrected chi connectivity index (χ1v) is 10.1. The summed E-state index contributed by atoms with van der Waals surface area (Å²) in [5, 5.41) is 2.32. The first kappa shape index (κ1) is 17.2. The number of hydrogen-bond donors (Lipinski definition) is 0. The molecule has 0 atom stereocenters. The number of halogens is 1. The van der Waals surface area contributed by atoms with Crippen molar-refractivity contribution in [3.8, 4) is 11.3 Å². The second-order valence-corrected chi connectivity index (χ2v) is 7.61. The molecule has 5 aromatic rings. The molecule has 5 nitrogen and oxygen atoms in total. The van der Waals surface area contributed by atoms with Crippen molar-refractivity contribution in [2.45, 2.75) is 10.9 Å². The van der Waals surface area contributed by atoms with E-state index in [1.807, 2.05) is 71.4 Å². The van der Waals surface area contributed by atoms with Gasteiger partial charge in [-0.1, -0.05) is 53.7 Å². The van der Waals surface area contributed by atoms with Crippen molar-refractivity contribution in [2.24, 2.45) is 0 Å². The number of nitrogens with zero attached hydrogens (tertiary/aromatic N) is 5. The average molecular weight is 404 g/mol. The van der Waals surface area contributed by atoms with Gasteiger partial charge in [0.15, 0.2) is 5.16 Å². The summed E-state index contributed by atoms with van der Waals surface area (Å²) < 4.78 is 1.91. The van der Waals surface area contributed by atoms with Crippen LogP contribution in [0.25, 0.3) is 27.9 Å². The molecule has 0 saturated heterocycles. The highest BCUT2D eigenvalue weighted by atomic mass is 35.5. The predicted octanol–water partition coefficient (Wildman–Crippen LogP) is 5.29. The van der Waals surface area contributed by atoms with Crippen LogP contribution in [0.1, 0.15) is 5.69 Å². The zero-order chi connectivity index (χ0) is 18.9. The topological polar surface area (TPSA) is 56.0 Å². The van der Waals surface area contributed by atoms with Crippen molar-refractivity contribution in [3.05, 3.63) is 83.9 Å². The van der Waals surface area contributed by atoms with Gasteiger partial charge in [-0.15, -0.1) is 0 Å². The first-order chi connectivity index (χ1) is 13.8. The van der Waals surface area contributed by atoms with Crippen LogP contribution < -0.4 is 0 Å². The minimum atomic E-state index is 0.663. The second kappa shape index (κ2) is 7.22. The molecule has 0 aliphatic heterocycles. The Labute approximate surface area is 170 Å². The van der Waals surface area contributed by atoms with Crippen molar-refractivity contribution in [2.75, 3.05) is 0 Å². The van der Waals surface area contributed by atoms with Gasteiger partial charge in [-0.05, 0) is 24.3 Å². The third-order valence-electron chi connectivity index (χ3n) is 4.32. The van der Waals surface area contributed by atoms with Crippen molar-refractivity contribution in [1.82, 2.24) is 24.3 Å². The molecule has 0 fully saturated rings. The predicted molar refractivity (Wildman–Crippen MR) is 113 cm³/mol. The fourth-order valence-corrected chi connectivity index (χ4v) is 3.95. The lowest BCUT2D eigenvalue weighted by molar-refractivity contribution is 1.01. The number of thioether (sulfide) groups is 1. The number of hydrogen-bond acceptors (Lipinski definition) is 5. The third-order valence-corrected chi connectivity index (χ3v) is 5.44. The zero-order valence-electron chi connectivity index (χ0n) is 14.7. The quantitative estimate of drug-likeness (QED) is 0.301. The van der Waals surface area contributed by atoms with Crippen LogP contribution in [0.4, 0.5) is 0 Å². The Balaban J connectivity index is 1.53. The largest absolute Gasteiger partial charge is 0.291 e. The van der Waals surface area contributed by atoms with Gasteiger partial charge in [0.05, 0.1) is 16.9 Å². The number of imidazole rings is 1. The monoisotopic (exact) mass is 403 g/mol. The lowest BCUT2D eigenvalue weighted by Crippen LogP contribution is -1.94. The minimum absolute atomic E-state index is 0.663. The van der Waals surface area contributed by atoms with Crippen molar-refractivity contribution in [3.63, 3.8) is 0 Å². The standard InChI is InChI=1S/C21H14ClN5S/c22-15-7-8-18-17(11-15)19(14-5-2-1-3-6-14)26-21(25-18)28-13-16-12-27-10-4-9-23-20(27)24-16/h1-12H,13H2. The molecule has 0 radical (unpaired) electrons. The first-order valence-electron chi connectivity index (χ1n) is 8.70. The highest BCUT2D eigenvalue weighted by Gasteiger charge is 2.12.